The minimum atomic E-state index is -0.738. The van der Waals surface area contributed by atoms with Gasteiger partial charge in [0.2, 0.25) is 0 Å². The Balaban J connectivity index is 2.97. The summed E-state index contributed by atoms with van der Waals surface area (Å²) in [5.74, 6) is -0.798. The molecule has 22 heavy (non-hydrogen) atoms. The van der Waals surface area contributed by atoms with E-state index in [2.05, 4.69) is 21.2 Å². The van der Waals surface area contributed by atoms with Gasteiger partial charge in [-0.1, -0.05) is 0 Å². The fourth-order valence-corrected chi connectivity index (χ4v) is 1.98. The summed E-state index contributed by atoms with van der Waals surface area (Å²) in [7, 11) is 1.56. The van der Waals surface area contributed by atoms with Gasteiger partial charge >= 0.3 is 11.9 Å². The van der Waals surface area contributed by atoms with Gasteiger partial charge in [-0.2, -0.15) is 0 Å². The Labute approximate surface area is 137 Å². The molecule has 0 saturated carbocycles. The first kappa shape index (κ1) is 18.0. The number of benzene rings is 1. The van der Waals surface area contributed by atoms with Gasteiger partial charge in [-0.15, -0.1) is 0 Å². The van der Waals surface area contributed by atoms with E-state index >= 15 is 0 Å². The van der Waals surface area contributed by atoms with Crippen LogP contribution in [-0.4, -0.2) is 32.3 Å². The van der Waals surface area contributed by atoms with Crippen molar-refractivity contribution in [3.63, 3.8) is 0 Å². The predicted octanol–water partition coefficient (Wildman–Crippen LogP) is 2.88. The lowest BCUT2D eigenvalue weighted by atomic mass is 10.2. The van der Waals surface area contributed by atoms with Gasteiger partial charge < -0.3 is 19.5 Å². The molecule has 0 aliphatic rings. The zero-order valence-electron chi connectivity index (χ0n) is 12.6. The molecule has 0 aliphatic heterocycles. The molecular formula is C15H18BrNO5. The molecule has 0 amide bonds. The first-order valence-electron chi connectivity index (χ1n) is 6.67. The molecule has 0 heterocycles. The minimum absolute atomic E-state index is 0.168. The van der Waals surface area contributed by atoms with Crippen LogP contribution in [0.15, 0.2) is 34.4 Å². The second kappa shape index (κ2) is 9.09. The number of ether oxygens (including phenoxy) is 3. The highest BCUT2D eigenvalue weighted by Gasteiger charge is 2.21. The van der Waals surface area contributed by atoms with Crippen LogP contribution in [0.3, 0.4) is 0 Å². The Hall–Kier alpha value is -2.02. The Morgan fingerprint density at radius 3 is 2.23 bits per heavy atom. The summed E-state index contributed by atoms with van der Waals surface area (Å²) in [5, 5.41) is 2.88. The maximum atomic E-state index is 11.8. The number of carbonyl (C=O) groups excluding carboxylic acids is 2. The smallest absolute Gasteiger partial charge is 0.347 e. The summed E-state index contributed by atoms with van der Waals surface area (Å²) < 4.78 is 15.5. The molecule has 6 nitrogen and oxygen atoms in total. The van der Waals surface area contributed by atoms with E-state index < -0.39 is 11.9 Å². The van der Waals surface area contributed by atoms with Crippen molar-refractivity contribution in [1.82, 2.24) is 0 Å². The molecule has 0 bridgehead atoms. The first-order chi connectivity index (χ1) is 10.5. The van der Waals surface area contributed by atoms with Crippen molar-refractivity contribution in [2.24, 2.45) is 0 Å². The molecule has 0 saturated heterocycles. The quantitative estimate of drug-likeness (QED) is 0.343. The number of rotatable bonds is 7. The van der Waals surface area contributed by atoms with E-state index in [1.165, 1.54) is 6.20 Å². The monoisotopic (exact) mass is 371 g/mol. The van der Waals surface area contributed by atoms with Gasteiger partial charge in [0.1, 0.15) is 5.75 Å². The summed E-state index contributed by atoms with van der Waals surface area (Å²) in [6.07, 6.45) is 1.27. The zero-order valence-corrected chi connectivity index (χ0v) is 14.2. The molecule has 0 aliphatic carbocycles. The van der Waals surface area contributed by atoms with E-state index in [0.717, 1.165) is 4.47 Å². The molecule has 0 fully saturated rings. The number of halogens is 1. The van der Waals surface area contributed by atoms with Crippen LogP contribution >= 0.6 is 15.9 Å². The molecule has 1 aromatic rings. The van der Waals surface area contributed by atoms with E-state index in [1.807, 2.05) is 0 Å². The fourth-order valence-electron chi connectivity index (χ4n) is 1.51. The SMILES string of the molecule is CCOC(=O)C(=CNc1ccc(OC)cc1Br)C(=O)OCC. The van der Waals surface area contributed by atoms with Gasteiger partial charge in [-0.3, -0.25) is 0 Å². The van der Waals surface area contributed by atoms with Crippen molar-refractivity contribution in [2.75, 3.05) is 25.6 Å². The van der Waals surface area contributed by atoms with E-state index in [4.69, 9.17) is 14.2 Å². The van der Waals surface area contributed by atoms with Crippen molar-refractivity contribution in [1.29, 1.82) is 0 Å². The standard InChI is InChI=1S/C15H18BrNO5/c1-4-21-14(18)11(15(19)22-5-2)9-17-13-7-6-10(20-3)8-12(13)16/h6-9,17H,4-5H2,1-3H3. The highest BCUT2D eigenvalue weighted by atomic mass is 79.9. The lowest BCUT2D eigenvalue weighted by Crippen LogP contribution is -2.19. The van der Waals surface area contributed by atoms with Gasteiger partial charge in [0.05, 0.1) is 26.0 Å². The van der Waals surface area contributed by atoms with Crippen molar-refractivity contribution in [3.8, 4) is 5.75 Å². The number of carbonyl (C=O) groups is 2. The molecule has 0 spiro atoms. The minimum Gasteiger partial charge on any atom is -0.497 e. The van der Waals surface area contributed by atoms with E-state index in [1.54, 1.807) is 39.2 Å². The predicted molar refractivity (Wildman–Crippen MR) is 85.7 cm³/mol. The van der Waals surface area contributed by atoms with Crippen LogP contribution in [0.25, 0.3) is 0 Å². The van der Waals surface area contributed by atoms with E-state index in [0.29, 0.717) is 11.4 Å². The molecule has 7 heteroatoms. The van der Waals surface area contributed by atoms with E-state index in [-0.39, 0.29) is 18.8 Å². The van der Waals surface area contributed by atoms with Crippen LogP contribution in [0.5, 0.6) is 5.75 Å². The van der Waals surface area contributed by atoms with Crippen LogP contribution in [0.2, 0.25) is 0 Å². The summed E-state index contributed by atoms with van der Waals surface area (Å²) in [5.41, 5.74) is 0.457. The summed E-state index contributed by atoms with van der Waals surface area (Å²) >= 11 is 3.37. The first-order valence-corrected chi connectivity index (χ1v) is 7.47. The van der Waals surface area contributed by atoms with Crippen LogP contribution in [0, 0.1) is 0 Å². The normalized spacial score (nSPS) is 9.64. The summed E-state index contributed by atoms with van der Waals surface area (Å²) in [4.78, 5) is 23.6. The topological polar surface area (TPSA) is 73.9 Å². The molecular weight excluding hydrogens is 354 g/mol. The highest BCUT2D eigenvalue weighted by Crippen LogP contribution is 2.27. The maximum Gasteiger partial charge on any atom is 0.347 e. The lowest BCUT2D eigenvalue weighted by molar-refractivity contribution is -0.146. The number of nitrogens with one attached hydrogen (secondary N) is 1. The average Bonchev–Trinajstić information content (AvgIpc) is 2.49. The Kier molecular flexibility index (Phi) is 7.45. The van der Waals surface area contributed by atoms with Gasteiger partial charge in [-0.05, 0) is 48.0 Å². The van der Waals surface area contributed by atoms with Crippen molar-refractivity contribution in [2.45, 2.75) is 13.8 Å². The molecule has 0 radical (unpaired) electrons. The fraction of sp³-hybridized carbons (Fsp3) is 0.333. The van der Waals surface area contributed by atoms with Crippen molar-refractivity contribution >= 4 is 33.6 Å². The Morgan fingerprint density at radius 1 is 1.18 bits per heavy atom. The molecule has 120 valence electrons. The number of esters is 2. The average molecular weight is 372 g/mol. The number of anilines is 1. The molecule has 0 unspecified atom stereocenters. The van der Waals surface area contributed by atoms with Gasteiger partial charge in [-0.25, -0.2) is 9.59 Å². The third-order valence-corrected chi connectivity index (χ3v) is 3.20. The third kappa shape index (κ3) is 5.07. The van der Waals surface area contributed by atoms with Crippen LogP contribution in [-0.2, 0) is 19.1 Å². The van der Waals surface area contributed by atoms with Crippen LogP contribution in [0.1, 0.15) is 13.8 Å². The van der Waals surface area contributed by atoms with Crippen molar-refractivity contribution in [3.05, 3.63) is 34.4 Å². The van der Waals surface area contributed by atoms with Crippen LogP contribution < -0.4 is 10.1 Å². The molecule has 0 atom stereocenters. The lowest BCUT2D eigenvalue weighted by Gasteiger charge is -2.09. The second-order valence-electron chi connectivity index (χ2n) is 3.99. The van der Waals surface area contributed by atoms with Gasteiger partial charge in [0.25, 0.3) is 0 Å². The van der Waals surface area contributed by atoms with Gasteiger partial charge in [0, 0.05) is 10.7 Å². The second-order valence-corrected chi connectivity index (χ2v) is 4.84. The number of methoxy groups -OCH3 is 1. The zero-order chi connectivity index (χ0) is 16.5. The number of hydrogen-bond acceptors (Lipinski definition) is 6. The maximum absolute atomic E-state index is 11.8. The van der Waals surface area contributed by atoms with E-state index in [9.17, 15) is 9.59 Å². The van der Waals surface area contributed by atoms with Crippen molar-refractivity contribution < 1.29 is 23.8 Å². The summed E-state index contributed by atoms with van der Waals surface area (Å²) in [6.45, 7) is 3.66. The Morgan fingerprint density at radius 2 is 1.77 bits per heavy atom. The molecule has 1 N–H and O–H groups in total. The summed E-state index contributed by atoms with van der Waals surface area (Å²) in [6, 6.07) is 5.24. The van der Waals surface area contributed by atoms with Gasteiger partial charge in [0.15, 0.2) is 5.57 Å². The largest absolute Gasteiger partial charge is 0.497 e. The molecule has 0 aromatic heterocycles. The third-order valence-electron chi connectivity index (χ3n) is 2.54. The molecule has 1 rings (SSSR count). The highest BCUT2D eigenvalue weighted by molar-refractivity contribution is 9.10. The molecule has 1 aromatic carbocycles. The Bertz CT molecular complexity index is 551. The number of hydrogen-bond donors (Lipinski definition) is 1. The van der Waals surface area contributed by atoms with Crippen LogP contribution in [0.4, 0.5) is 5.69 Å².